The first kappa shape index (κ1) is 23.2. The molecule has 0 aliphatic rings. The van der Waals surface area contributed by atoms with Crippen molar-refractivity contribution in [3.8, 4) is 22.8 Å². The van der Waals surface area contributed by atoms with E-state index in [1.807, 2.05) is 36.5 Å². The molecular formula is C24H22F3N3O4. The fourth-order valence-corrected chi connectivity index (χ4v) is 3.59. The number of rotatable bonds is 8. The number of halogens is 3. The zero-order chi connectivity index (χ0) is 24.3. The molecule has 0 aliphatic carbocycles. The molecule has 0 fully saturated rings. The number of aromatic nitrogens is 3. The standard InChI is InChI=1S/C24H22F3N3O4/c1-3-32-23(31)14-30-11-10-17-6-9-20(13-22(17)30)33-15-18-12-21(29(2)28-18)16-4-7-19(8-5-16)34-24(25,26)27/h4-13H,3,14-15H2,1-2H3. The number of nitrogens with zero attached hydrogens (tertiary/aromatic N) is 3. The summed E-state index contributed by atoms with van der Waals surface area (Å²) in [5, 5.41) is 5.39. The van der Waals surface area contributed by atoms with Crippen LogP contribution in [0.3, 0.4) is 0 Å². The molecule has 0 saturated heterocycles. The first-order valence-electron chi connectivity index (χ1n) is 10.5. The van der Waals surface area contributed by atoms with Gasteiger partial charge < -0.3 is 18.8 Å². The molecule has 0 atom stereocenters. The van der Waals surface area contributed by atoms with Gasteiger partial charge in [0.15, 0.2) is 0 Å². The minimum absolute atomic E-state index is 0.108. The average Bonchev–Trinajstić information content (AvgIpc) is 3.35. The summed E-state index contributed by atoms with van der Waals surface area (Å²) in [5.41, 5.74) is 2.90. The van der Waals surface area contributed by atoms with Gasteiger partial charge in [-0.3, -0.25) is 9.48 Å². The number of fused-ring (bicyclic) bond motifs is 1. The first-order valence-corrected chi connectivity index (χ1v) is 10.5. The summed E-state index contributed by atoms with van der Waals surface area (Å²) >= 11 is 0. The molecule has 4 rings (SSSR count). The lowest BCUT2D eigenvalue weighted by molar-refractivity contribution is -0.274. The number of hydrogen-bond acceptors (Lipinski definition) is 5. The Kier molecular flexibility index (Phi) is 6.49. The van der Waals surface area contributed by atoms with Gasteiger partial charge in [0.1, 0.15) is 30.3 Å². The average molecular weight is 473 g/mol. The van der Waals surface area contributed by atoms with E-state index in [2.05, 4.69) is 9.84 Å². The number of aryl methyl sites for hydroxylation is 1. The number of hydrogen-bond donors (Lipinski definition) is 0. The highest BCUT2D eigenvalue weighted by Crippen LogP contribution is 2.27. The molecule has 0 unspecified atom stereocenters. The van der Waals surface area contributed by atoms with E-state index in [0.29, 0.717) is 23.6 Å². The number of alkyl halides is 3. The van der Waals surface area contributed by atoms with Crippen LogP contribution >= 0.6 is 0 Å². The van der Waals surface area contributed by atoms with Gasteiger partial charge in [-0.15, -0.1) is 13.2 Å². The van der Waals surface area contributed by atoms with Gasteiger partial charge >= 0.3 is 12.3 Å². The van der Waals surface area contributed by atoms with Crippen LogP contribution in [0.1, 0.15) is 12.6 Å². The molecule has 2 aromatic heterocycles. The monoisotopic (exact) mass is 473 g/mol. The number of ether oxygens (including phenoxy) is 3. The van der Waals surface area contributed by atoms with Gasteiger partial charge in [-0.1, -0.05) is 0 Å². The number of benzene rings is 2. The van der Waals surface area contributed by atoms with Crippen LogP contribution in [0, 0.1) is 0 Å². The van der Waals surface area contributed by atoms with Gasteiger partial charge in [-0.05, 0) is 60.8 Å². The Labute approximate surface area is 193 Å². The van der Waals surface area contributed by atoms with E-state index in [-0.39, 0.29) is 24.9 Å². The lowest BCUT2D eigenvalue weighted by Crippen LogP contribution is -2.16. The molecule has 2 aromatic carbocycles. The fourth-order valence-electron chi connectivity index (χ4n) is 3.59. The van der Waals surface area contributed by atoms with Crippen LogP contribution in [-0.4, -0.2) is 33.3 Å². The van der Waals surface area contributed by atoms with Crippen LogP contribution in [0.4, 0.5) is 13.2 Å². The molecule has 10 heteroatoms. The van der Waals surface area contributed by atoms with Gasteiger partial charge in [-0.2, -0.15) is 5.10 Å². The number of esters is 1. The lowest BCUT2D eigenvalue weighted by Gasteiger charge is -2.09. The third-order valence-corrected chi connectivity index (χ3v) is 5.05. The van der Waals surface area contributed by atoms with Gasteiger partial charge in [0, 0.05) is 24.9 Å². The molecule has 4 aromatic rings. The predicted molar refractivity (Wildman–Crippen MR) is 118 cm³/mol. The molecule has 0 radical (unpaired) electrons. The normalized spacial score (nSPS) is 11.6. The number of carbonyl (C=O) groups is 1. The van der Waals surface area contributed by atoms with Crippen molar-refractivity contribution in [2.45, 2.75) is 26.4 Å². The second-order valence-corrected chi connectivity index (χ2v) is 7.47. The topological polar surface area (TPSA) is 67.5 Å². The summed E-state index contributed by atoms with van der Waals surface area (Å²) in [6.45, 7) is 2.38. The maximum absolute atomic E-state index is 12.4. The van der Waals surface area contributed by atoms with Crippen LogP contribution in [0.15, 0.2) is 60.8 Å². The Bertz CT molecular complexity index is 1290. The molecule has 34 heavy (non-hydrogen) atoms. The summed E-state index contributed by atoms with van der Waals surface area (Å²) in [7, 11) is 1.74. The van der Waals surface area contributed by atoms with Crippen LogP contribution in [0.5, 0.6) is 11.5 Å². The van der Waals surface area contributed by atoms with Crippen molar-refractivity contribution < 1.29 is 32.2 Å². The highest BCUT2D eigenvalue weighted by Gasteiger charge is 2.31. The molecule has 178 valence electrons. The summed E-state index contributed by atoms with van der Waals surface area (Å²) < 4.78 is 55.3. The van der Waals surface area contributed by atoms with E-state index in [9.17, 15) is 18.0 Å². The molecule has 0 aliphatic heterocycles. The van der Waals surface area contributed by atoms with E-state index in [0.717, 1.165) is 16.6 Å². The Morgan fingerprint density at radius 1 is 1.03 bits per heavy atom. The van der Waals surface area contributed by atoms with Crippen molar-refractivity contribution in [1.82, 2.24) is 14.3 Å². The van der Waals surface area contributed by atoms with E-state index < -0.39 is 6.36 Å². The Balaban J connectivity index is 1.45. The zero-order valence-electron chi connectivity index (χ0n) is 18.5. The van der Waals surface area contributed by atoms with Crippen molar-refractivity contribution in [1.29, 1.82) is 0 Å². The van der Waals surface area contributed by atoms with Crippen molar-refractivity contribution in [2.75, 3.05) is 6.61 Å². The summed E-state index contributed by atoms with van der Waals surface area (Å²) in [6, 6.07) is 14.9. The Hall–Kier alpha value is -3.95. The van der Waals surface area contributed by atoms with Crippen molar-refractivity contribution in [3.05, 3.63) is 66.5 Å². The van der Waals surface area contributed by atoms with Crippen LogP contribution in [0.25, 0.3) is 22.2 Å². The van der Waals surface area contributed by atoms with E-state index in [1.54, 1.807) is 23.2 Å². The maximum atomic E-state index is 12.4. The SMILES string of the molecule is CCOC(=O)Cn1ccc2ccc(OCc3cc(-c4ccc(OC(F)(F)F)cc4)n(C)n3)cc21. The summed E-state index contributed by atoms with van der Waals surface area (Å²) in [4.78, 5) is 11.8. The van der Waals surface area contributed by atoms with Gasteiger partial charge in [0.25, 0.3) is 0 Å². The summed E-state index contributed by atoms with van der Waals surface area (Å²) in [6.07, 6.45) is -2.91. The summed E-state index contributed by atoms with van der Waals surface area (Å²) in [5.74, 6) is 0.00702. The minimum Gasteiger partial charge on any atom is -0.487 e. The predicted octanol–water partition coefficient (Wildman–Crippen LogP) is 5.08. The second kappa shape index (κ2) is 9.50. The third kappa shape index (κ3) is 5.51. The minimum atomic E-state index is -4.73. The Morgan fingerprint density at radius 3 is 2.47 bits per heavy atom. The molecule has 0 bridgehead atoms. The van der Waals surface area contributed by atoms with Crippen molar-refractivity contribution in [3.63, 3.8) is 0 Å². The highest BCUT2D eigenvalue weighted by molar-refractivity contribution is 5.83. The third-order valence-electron chi connectivity index (χ3n) is 5.05. The van der Waals surface area contributed by atoms with E-state index in [4.69, 9.17) is 9.47 Å². The van der Waals surface area contributed by atoms with Gasteiger partial charge in [0.2, 0.25) is 0 Å². The van der Waals surface area contributed by atoms with Crippen LogP contribution in [-0.2, 0) is 29.7 Å². The van der Waals surface area contributed by atoms with Gasteiger partial charge in [0.05, 0.1) is 17.8 Å². The quantitative estimate of drug-likeness (QED) is 0.334. The van der Waals surface area contributed by atoms with Crippen molar-refractivity contribution in [2.24, 2.45) is 7.05 Å². The highest BCUT2D eigenvalue weighted by atomic mass is 19.4. The lowest BCUT2D eigenvalue weighted by atomic mass is 10.1. The second-order valence-electron chi connectivity index (χ2n) is 7.47. The fraction of sp³-hybridized carbons (Fsp3) is 0.250. The zero-order valence-corrected chi connectivity index (χ0v) is 18.5. The number of carbonyl (C=O) groups excluding carboxylic acids is 1. The van der Waals surface area contributed by atoms with Gasteiger partial charge in [-0.25, -0.2) is 0 Å². The first-order chi connectivity index (χ1) is 16.2. The van der Waals surface area contributed by atoms with Crippen molar-refractivity contribution >= 4 is 16.9 Å². The molecule has 0 spiro atoms. The van der Waals surface area contributed by atoms with Crippen LogP contribution in [0.2, 0.25) is 0 Å². The molecule has 0 N–H and O–H groups in total. The Morgan fingerprint density at radius 2 is 1.76 bits per heavy atom. The van der Waals surface area contributed by atoms with Crippen LogP contribution < -0.4 is 9.47 Å². The molecule has 2 heterocycles. The largest absolute Gasteiger partial charge is 0.573 e. The molecular weight excluding hydrogens is 451 g/mol. The van der Waals surface area contributed by atoms with E-state index in [1.165, 1.54) is 24.3 Å². The molecule has 7 nitrogen and oxygen atoms in total. The molecule has 0 saturated carbocycles. The van der Waals surface area contributed by atoms with E-state index >= 15 is 0 Å². The maximum Gasteiger partial charge on any atom is 0.573 e. The smallest absolute Gasteiger partial charge is 0.487 e. The molecule has 0 amide bonds.